The fourth-order valence-electron chi connectivity index (χ4n) is 3.60. The molecule has 0 saturated carbocycles. The van der Waals surface area contributed by atoms with Crippen LogP contribution in [0.1, 0.15) is 18.7 Å². The molecule has 0 aliphatic carbocycles. The number of rotatable bonds is 7. The molecule has 3 aromatic rings. The molecule has 2 aromatic heterocycles. The molecular formula is C22H23N5O4. The minimum Gasteiger partial charge on any atom is -0.487 e. The number of likely N-dealkylation sites (tertiary alicyclic amines) is 1. The molecule has 1 aromatic carbocycles. The van der Waals surface area contributed by atoms with E-state index < -0.39 is 6.04 Å². The molecule has 0 unspecified atom stereocenters. The molecule has 1 saturated heterocycles. The molecule has 1 aliphatic rings. The van der Waals surface area contributed by atoms with Crippen LogP contribution < -0.4 is 10.1 Å². The summed E-state index contributed by atoms with van der Waals surface area (Å²) in [6, 6.07) is 12.5. The summed E-state index contributed by atoms with van der Waals surface area (Å²) in [4.78, 5) is 35.2. The maximum Gasteiger partial charge on any atom is 0.242 e. The van der Waals surface area contributed by atoms with E-state index in [1.807, 2.05) is 30.3 Å². The Morgan fingerprint density at radius 2 is 2.06 bits per heavy atom. The van der Waals surface area contributed by atoms with Crippen LogP contribution in [-0.2, 0) is 16.0 Å². The zero-order chi connectivity index (χ0) is 21.6. The monoisotopic (exact) mass is 421 g/mol. The van der Waals surface area contributed by atoms with E-state index in [1.165, 1.54) is 0 Å². The smallest absolute Gasteiger partial charge is 0.242 e. The highest BCUT2D eigenvalue weighted by Gasteiger charge is 2.40. The second-order valence-electron chi connectivity index (χ2n) is 7.22. The normalized spacial score (nSPS) is 18.0. The lowest BCUT2D eigenvalue weighted by Crippen LogP contribution is -2.45. The average Bonchev–Trinajstić information content (AvgIpc) is 3.46. The molecule has 9 nitrogen and oxygen atoms in total. The van der Waals surface area contributed by atoms with Gasteiger partial charge >= 0.3 is 0 Å². The third-order valence-electron chi connectivity index (χ3n) is 5.12. The first-order valence-corrected chi connectivity index (χ1v) is 10.1. The molecule has 0 spiro atoms. The number of amides is 2. The van der Waals surface area contributed by atoms with Gasteiger partial charge in [-0.2, -0.15) is 4.98 Å². The van der Waals surface area contributed by atoms with Crippen LogP contribution in [0.2, 0.25) is 0 Å². The third-order valence-corrected chi connectivity index (χ3v) is 5.12. The topological polar surface area (TPSA) is 110 Å². The molecule has 4 rings (SSSR count). The first kappa shape index (κ1) is 20.5. The summed E-state index contributed by atoms with van der Waals surface area (Å²) in [5, 5.41) is 6.61. The molecule has 0 radical (unpaired) electrons. The molecule has 160 valence electrons. The number of carbonyl (C=O) groups is 2. The first-order valence-electron chi connectivity index (χ1n) is 10.1. The third kappa shape index (κ3) is 4.88. The number of carbonyl (C=O) groups excluding carboxylic acids is 2. The van der Waals surface area contributed by atoms with Crippen LogP contribution in [0.4, 0.5) is 0 Å². The second-order valence-corrected chi connectivity index (χ2v) is 7.22. The standard InChI is InChI=1S/C22H23N5O4/c1-23-22(29)18-12-17(30-16-8-5-11-24-13-16)14-27(18)20(28)10-9-19-25-21(26-31-19)15-6-3-2-4-7-15/h2-8,11,13,17-18H,9-10,12,14H2,1H3,(H,23,29)/t17-,18-/m0/s1. The van der Waals surface area contributed by atoms with E-state index in [1.54, 1.807) is 36.5 Å². The second kappa shape index (κ2) is 9.38. The van der Waals surface area contributed by atoms with Crippen molar-refractivity contribution in [2.45, 2.75) is 31.4 Å². The van der Waals surface area contributed by atoms with Crippen molar-refractivity contribution in [1.29, 1.82) is 0 Å². The van der Waals surface area contributed by atoms with Gasteiger partial charge in [0.25, 0.3) is 0 Å². The lowest BCUT2D eigenvalue weighted by Gasteiger charge is -2.22. The Labute approximate surface area is 179 Å². The van der Waals surface area contributed by atoms with Crippen molar-refractivity contribution in [3.63, 3.8) is 0 Å². The van der Waals surface area contributed by atoms with Crippen molar-refractivity contribution in [2.75, 3.05) is 13.6 Å². The number of nitrogens with zero attached hydrogens (tertiary/aromatic N) is 4. The number of benzene rings is 1. The molecule has 3 heterocycles. The van der Waals surface area contributed by atoms with E-state index in [0.29, 0.717) is 36.9 Å². The predicted molar refractivity (Wildman–Crippen MR) is 111 cm³/mol. The summed E-state index contributed by atoms with van der Waals surface area (Å²) in [5.41, 5.74) is 0.846. The van der Waals surface area contributed by atoms with Crippen molar-refractivity contribution in [3.8, 4) is 17.1 Å². The Bertz CT molecular complexity index is 1020. The Morgan fingerprint density at radius 1 is 1.23 bits per heavy atom. The molecule has 2 atom stereocenters. The zero-order valence-electron chi connectivity index (χ0n) is 17.1. The minimum absolute atomic E-state index is 0.156. The Morgan fingerprint density at radius 3 is 2.81 bits per heavy atom. The summed E-state index contributed by atoms with van der Waals surface area (Å²) >= 11 is 0. The van der Waals surface area contributed by atoms with Gasteiger partial charge in [-0.1, -0.05) is 35.5 Å². The van der Waals surface area contributed by atoms with Crippen LogP contribution in [0.25, 0.3) is 11.4 Å². The molecule has 9 heteroatoms. The highest BCUT2D eigenvalue weighted by molar-refractivity contribution is 5.88. The van der Waals surface area contributed by atoms with Gasteiger partial charge in [-0.3, -0.25) is 14.6 Å². The largest absolute Gasteiger partial charge is 0.487 e. The van der Waals surface area contributed by atoms with E-state index in [4.69, 9.17) is 9.26 Å². The van der Waals surface area contributed by atoms with E-state index >= 15 is 0 Å². The van der Waals surface area contributed by atoms with Gasteiger partial charge in [0.05, 0.1) is 12.7 Å². The molecular weight excluding hydrogens is 398 g/mol. The maximum absolute atomic E-state index is 12.9. The number of aryl methyl sites for hydroxylation is 1. The van der Waals surface area contributed by atoms with E-state index in [-0.39, 0.29) is 24.3 Å². The fourth-order valence-corrected chi connectivity index (χ4v) is 3.60. The number of ether oxygens (including phenoxy) is 1. The van der Waals surface area contributed by atoms with Crippen molar-refractivity contribution < 1.29 is 18.8 Å². The van der Waals surface area contributed by atoms with Crippen LogP contribution in [0.3, 0.4) is 0 Å². The summed E-state index contributed by atoms with van der Waals surface area (Å²) in [6.45, 7) is 0.324. The van der Waals surface area contributed by atoms with E-state index in [0.717, 1.165) is 5.56 Å². The van der Waals surface area contributed by atoms with Gasteiger partial charge in [0, 0.05) is 38.1 Å². The van der Waals surface area contributed by atoms with E-state index in [9.17, 15) is 9.59 Å². The lowest BCUT2D eigenvalue weighted by atomic mass is 10.1. The molecule has 31 heavy (non-hydrogen) atoms. The van der Waals surface area contributed by atoms with Crippen LogP contribution in [0, 0.1) is 0 Å². The number of likely N-dealkylation sites (N-methyl/N-ethyl adjacent to an activating group) is 1. The van der Waals surface area contributed by atoms with Crippen LogP contribution in [0.5, 0.6) is 5.75 Å². The zero-order valence-corrected chi connectivity index (χ0v) is 17.1. The highest BCUT2D eigenvalue weighted by Crippen LogP contribution is 2.24. The van der Waals surface area contributed by atoms with Crippen molar-refractivity contribution in [1.82, 2.24) is 25.3 Å². The molecule has 1 fully saturated rings. The number of aromatic nitrogens is 3. The Balaban J connectivity index is 1.39. The SMILES string of the molecule is CNC(=O)[C@@H]1C[C@H](Oc2cccnc2)CN1C(=O)CCc1nc(-c2ccccc2)no1. The van der Waals surface area contributed by atoms with Gasteiger partial charge in [-0.05, 0) is 12.1 Å². The first-order chi connectivity index (χ1) is 15.1. The summed E-state index contributed by atoms with van der Waals surface area (Å²) in [7, 11) is 1.56. The summed E-state index contributed by atoms with van der Waals surface area (Å²) < 4.78 is 11.2. The highest BCUT2D eigenvalue weighted by atomic mass is 16.5. The van der Waals surface area contributed by atoms with Crippen LogP contribution >= 0.6 is 0 Å². The van der Waals surface area contributed by atoms with Crippen LogP contribution in [0.15, 0.2) is 59.4 Å². The molecule has 1 aliphatic heterocycles. The average molecular weight is 421 g/mol. The van der Waals surface area contributed by atoms with Gasteiger partial charge in [0.2, 0.25) is 23.5 Å². The fraction of sp³-hybridized carbons (Fsp3) is 0.318. The predicted octanol–water partition coefficient (Wildman–Crippen LogP) is 1.86. The molecule has 2 amide bonds. The molecule has 0 bridgehead atoms. The lowest BCUT2D eigenvalue weighted by molar-refractivity contribution is -0.138. The number of nitrogens with one attached hydrogen (secondary N) is 1. The quantitative estimate of drug-likeness (QED) is 0.620. The number of hydrogen-bond acceptors (Lipinski definition) is 7. The van der Waals surface area contributed by atoms with Gasteiger partial charge < -0.3 is 19.5 Å². The molecule has 1 N–H and O–H groups in total. The number of pyridine rings is 1. The van der Waals surface area contributed by atoms with Crippen molar-refractivity contribution in [3.05, 3.63) is 60.7 Å². The van der Waals surface area contributed by atoms with Gasteiger partial charge in [-0.25, -0.2) is 0 Å². The van der Waals surface area contributed by atoms with Crippen LogP contribution in [-0.4, -0.2) is 57.6 Å². The van der Waals surface area contributed by atoms with Gasteiger partial charge in [-0.15, -0.1) is 0 Å². The van der Waals surface area contributed by atoms with Gasteiger partial charge in [0.15, 0.2) is 0 Å². The Kier molecular flexibility index (Phi) is 6.21. The maximum atomic E-state index is 12.9. The van der Waals surface area contributed by atoms with Crippen molar-refractivity contribution >= 4 is 11.8 Å². The van der Waals surface area contributed by atoms with Crippen molar-refractivity contribution in [2.24, 2.45) is 0 Å². The minimum atomic E-state index is -0.582. The Hall–Kier alpha value is -3.75. The van der Waals surface area contributed by atoms with E-state index in [2.05, 4.69) is 20.4 Å². The summed E-state index contributed by atoms with van der Waals surface area (Å²) in [6.07, 6.45) is 3.85. The van der Waals surface area contributed by atoms with Gasteiger partial charge in [0.1, 0.15) is 17.9 Å². The number of hydrogen-bond donors (Lipinski definition) is 1. The summed E-state index contributed by atoms with van der Waals surface area (Å²) in [5.74, 6) is 1.10.